The second kappa shape index (κ2) is 7.83. The van der Waals surface area contributed by atoms with Crippen LogP contribution in [-0.4, -0.2) is 18.0 Å². The van der Waals surface area contributed by atoms with Crippen LogP contribution in [0.15, 0.2) is 54.6 Å². The van der Waals surface area contributed by atoms with Crippen molar-refractivity contribution in [2.24, 2.45) is 5.73 Å². The van der Waals surface area contributed by atoms with E-state index in [1.807, 2.05) is 6.07 Å². The van der Waals surface area contributed by atoms with Crippen LogP contribution in [0, 0.1) is 0 Å². The zero-order valence-electron chi connectivity index (χ0n) is 14.1. The van der Waals surface area contributed by atoms with Gasteiger partial charge in [0.1, 0.15) is 0 Å². The maximum Gasteiger partial charge on any atom is 0.316 e. The number of rotatable bonds is 4. The van der Waals surface area contributed by atoms with Crippen molar-refractivity contribution in [3.63, 3.8) is 0 Å². The Morgan fingerprint density at radius 2 is 1.52 bits per heavy atom. The highest BCUT2D eigenvalue weighted by Crippen LogP contribution is 2.32. The number of nitrogens with two attached hydrogens (primary N) is 1. The number of anilines is 1. The first-order chi connectivity index (χ1) is 12.1. The van der Waals surface area contributed by atoms with Gasteiger partial charge in [0.2, 0.25) is 0 Å². The maximum absolute atomic E-state index is 12.4. The van der Waals surface area contributed by atoms with Crippen LogP contribution in [0.1, 0.15) is 47.5 Å². The first-order valence-corrected chi connectivity index (χ1v) is 8.64. The van der Waals surface area contributed by atoms with Crippen molar-refractivity contribution >= 4 is 17.6 Å². The highest BCUT2D eigenvalue weighted by Gasteiger charge is 2.23. The number of amides is 3. The monoisotopic (exact) mass is 337 g/mol. The summed E-state index contributed by atoms with van der Waals surface area (Å²) in [6, 6.07) is 16.9. The molecule has 2 aromatic carbocycles. The Morgan fingerprint density at radius 1 is 0.880 bits per heavy atom. The van der Waals surface area contributed by atoms with E-state index >= 15 is 0 Å². The molecule has 0 aliphatic heterocycles. The fourth-order valence-electron chi connectivity index (χ4n) is 3.41. The molecule has 0 radical (unpaired) electrons. The zero-order valence-corrected chi connectivity index (χ0v) is 14.1. The third kappa shape index (κ3) is 4.59. The summed E-state index contributed by atoms with van der Waals surface area (Å²) < 4.78 is 0. The number of nitrogens with one attached hydrogen (secondary N) is 2. The van der Waals surface area contributed by atoms with Crippen molar-refractivity contribution in [3.05, 3.63) is 65.7 Å². The second-order valence-corrected chi connectivity index (χ2v) is 6.50. The topological polar surface area (TPSA) is 84.2 Å². The zero-order chi connectivity index (χ0) is 17.6. The Hall–Kier alpha value is -2.82. The molecule has 3 rings (SSSR count). The summed E-state index contributed by atoms with van der Waals surface area (Å²) in [7, 11) is 0. The minimum atomic E-state index is -0.618. The summed E-state index contributed by atoms with van der Waals surface area (Å²) in [4.78, 5) is 23.2. The van der Waals surface area contributed by atoms with E-state index in [2.05, 4.69) is 34.9 Å². The Bertz CT molecular complexity index is 720. The molecule has 25 heavy (non-hydrogen) atoms. The first kappa shape index (κ1) is 17.0. The lowest BCUT2D eigenvalue weighted by Gasteiger charge is -2.29. The van der Waals surface area contributed by atoms with Crippen LogP contribution >= 0.6 is 0 Å². The highest BCUT2D eigenvalue weighted by molar-refractivity contribution is 5.95. The summed E-state index contributed by atoms with van der Waals surface area (Å²) in [5.41, 5.74) is 7.62. The molecule has 0 saturated heterocycles. The Balaban J connectivity index is 1.51. The van der Waals surface area contributed by atoms with Crippen molar-refractivity contribution in [2.45, 2.75) is 37.6 Å². The van der Waals surface area contributed by atoms with Gasteiger partial charge in [-0.2, -0.15) is 0 Å². The molecule has 2 aromatic rings. The lowest BCUT2D eigenvalue weighted by Crippen LogP contribution is -2.37. The number of benzene rings is 2. The SMILES string of the molecule is NC(=O)Nc1ccc(C(=O)NC2CCC(c3ccccc3)CC2)cc1. The third-order valence-corrected chi connectivity index (χ3v) is 4.75. The molecule has 1 fully saturated rings. The predicted octanol–water partition coefficient (Wildman–Crippen LogP) is 3.63. The fraction of sp³-hybridized carbons (Fsp3) is 0.300. The summed E-state index contributed by atoms with van der Waals surface area (Å²) in [6.07, 6.45) is 4.17. The van der Waals surface area contributed by atoms with E-state index in [4.69, 9.17) is 5.73 Å². The van der Waals surface area contributed by atoms with Gasteiger partial charge in [-0.25, -0.2) is 4.79 Å². The van der Waals surface area contributed by atoms with E-state index in [0.29, 0.717) is 17.2 Å². The van der Waals surface area contributed by atoms with Crippen LogP contribution in [0.4, 0.5) is 10.5 Å². The number of hydrogen-bond acceptors (Lipinski definition) is 2. The average molecular weight is 337 g/mol. The van der Waals surface area contributed by atoms with Gasteiger partial charge in [-0.05, 0) is 61.4 Å². The Morgan fingerprint density at radius 3 is 2.12 bits per heavy atom. The molecule has 0 spiro atoms. The van der Waals surface area contributed by atoms with Crippen LogP contribution in [0.25, 0.3) is 0 Å². The molecule has 0 bridgehead atoms. The van der Waals surface area contributed by atoms with Crippen LogP contribution in [0.3, 0.4) is 0 Å². The average Bonchev–Trinajstić information content (AvgIpc) is 2.63. The molecule has 3 amide bonds. The molecule has 0 aromatic heterocycles. The van der Waals surface area contributed by atoms with Gasteiger partial charge in [-0.3, -0.25) is 4.79 Å². The molecule has 1 aliphatic carbocycles. The number of hydrogen-bond donors (Lipinski definition) is 3. The van der Waals surface area contributed by atoms with Gasteiger partial charge in [-0.15, -0.1) is 0 Å². The molecule has 1 saturated carbocycles. The smallest absolute Gasteiger partial charge is 0.316 e. The highest BCUT2D eigenvalue weighted by atomic mass is 16.2. The van der Waals surface area contributed by atoms with Crippen molar-refractivity contribution in [1.29, 1.82) is 0 Å². The normalized spacial score (nSPS) is 19.8. The number of carbonyl (C=O) groups excluding carboxylic acids is 2. The summed E-state index contributed by atoms with van der Waals surface area (Å²) >= 11 is 0. The standard InChI is InChI=1S/C20H23N3O2/c21-20(25)23-18-12-8-16(9-13-18)19(24)22-17-10-6-15(7-11-17)14-4-2-1-3-5-14/h1-5,8-9,12-13,15,17H,6-7,10-11H2,(H,22,24)(H3,21,23,25). The van der Waals surface area contributed by atoms with Crippen LogP contribution in [0.5, 0.6) is 0 Å². The molecule has 0 unspecified atom stereocenters. The Labute approximate surface area is 147 Å². The molecule has 130 valence electrons. The van der Waals surface area contributed by atoms with E-state index < -0.39 is 6.03 Å². The van der Waals surface area contributed by atoms with Crippen molar-refractivity contribution < 1.29 is 9.59 Å². The van der Waals surface area contributed by atoms with Gasteiger partial charge in [0, 0.05) is 17.3 Å². The van der Waals surface area contributed by atoms with E-state index in [1.165, 1.54) is 5.56 Å². The lowest BCUT2D eigenvalue weighted by molar-refractivity contribution is 0.0926. The first-order valence-electron chi connectivity index (χ1n) is 8.64. The minimum Gasteiger partial charge on any atom is -0.351 e. The maximum atomic E-state index is 12.4. The van der Waals surface area contributed by atoms with Gasteiger partial charge in [0.25, 0.3) is 5.91 Å². The fourth-order valence-corrected chi connectivity index (χ4v) is 3.41. The van der Waals surface area contributed by atoms with Gasteiger partial charge in [0.15, 0.2) is 0 Å². The van der Waals surface area contributed by atoms with Crippen molar-refractivity contribution in [2.75, 3.05) is 5.32 Å². The van der Waals surface area contributed by atoms with E-state index in [9.17, 15) is 9.59 Å². The van der Waals surface area contributed by atoms with Gasteiger partial charge in [0.05, 0.1) is 0 Å². The molecule has 5 nitrogen and oxygen atoms in total. The number of urea groups is 1. The quantitative estimate of drug-likeness (QED) is 0.796. The molecular formula is C20H23N3O2. The second-order valence-electron chi connectivity index (χ2n) is 6.50. The predicted molar refractivity (Wildman–Crippen MR) is 98.6 cm³/mol. The van der Waals surface area contributed by atoms with Crippen LogP contribution in [0.2, 0.25) is 0 Å². The van der Waals surface area contributed by atoms with Crippen molar-refractivity contribution in [3.8, 4) is 0 Å². The van der Waals surface area contributed by atoms with Gasteiger partial charge in [-0.1, -0.05) is 30.3 Å². The third-order valence-electron chi connectivity index (χ3n) is 4.75. The van der Waals surface area contributed by atoms with Crippen LogP contribution in [-0.2, 0) is 0 Å². The summed E-state index contributed by atoms with van der Waals surface area (Å²) in [5, 5.41) is 5.60. The largest absolute Gasteiger partial charge is 0.351 e. The van der Waals surface area contributed by atoms with E-state index in [0.717, 1.165) is 25.7 Å². The van der Waals surface area contributed by atoms with Gasteiger partial charge >= 0.3 is 6.03 Å². The van der Waals surface area contributed by atoms with Crippen molar-refractivity contribution in [1.82, 2.24) is 5.32 Å². The molecule has 5 heteroatoms. The molecule has 4 N–H and O–H groups in total. The minimum absolute atomic E-state index is 0.0752. The molecule has 1 aliphatic rings. The number of carbonyl (C=O) groups is 2. The molecular weight excluding hydrogens is 314 g/mol. The summed E-state index contributed by atoms with van der Waals surface area (Å²) in [6.45, 7) is 0. The Kier molecular flexibility index (Phi) is 5.33. The molecule has 0 heterocycles. The van der Waals surface area contributed by atoms with Gasteiger partial charge < -0.3 is 16.4 Å². The lowest BCUT2D eigenvalue weighted by atomic mass is 9.82. The number of primary amides is 1. The van der Waals surface area contributed by atoms with E-state index in [-0.39, 0.29) is 11.9 Å². The van der Waals surface area contributed by atoms with E-state index in [1.54, 1.807) is 24.3 Å². The van der Waals surface area contributed by atoms with Crippen LogP contribution < -0.4 is 16.4 Å². The molecule has 0 atom stereocenters. The summed E-state index contributed by atoms with van der Waals surface area (Å²) in [5.74, 6) is 0.516.